The highest BCUT2D eigenvalue weighted by atomic mass is 79.9. The molecule has 3 nitrogen and oxygen atoms in total. The fraction of sp³-hybridized carbons (Fsp3) is 0.500. The van der Waals surface area contributed by atoms with Gasteiger partial charge >= 0.3 is 6.09 Å². The predicted molar refractivity (Wildman–Crippen MR) is 74.7 cm³/mol. The standard InChI is InChI=1S/C14H17BrFNO2/c1-13(2,3)19-12(18)17-8-14(16,9-17)10-6-4-5-7-11(10)15/h4-7H,8-9H2,1-3H3. The fourth-order valence-corrected chi connectivity index (χ4v) is 2.65. The van der Waals surface area contributed by atoms with Crippen LogP contribution in [0.1, 0.15) is 26.3 Å². The lowest BCUT2D eigenvalue weighted by Gasteiger charge is -2.45. The second-order valence-electron chi connectivity index (χ2n) is 5.78. The van der Waals surface area contributed by atoms with E-state index in [0.29, 0.717) is 5.56 Å². The van der Waals surface area contributed by atoms with Gasteiger partial charge in [0.05, 0.1) is 13.1 Å². The fourth-order valence-electron chi connectivity index (χ4n) is 2.01. The van der Waals surface area contributed by atoms with Gasteiger partial charge in [-0.1, -0.05) is 34.1 Å². The van der Waals surface area contributed by atoms with E-state index in [1.807, 2.05) is 6.07 Å². The highest BCUT2D eigenvalue weighted by molar-refractivity contribution is 9.10. The first-order valence-electron chi connectivity index (χ1n) is 6.13. The largest absolute Gasteiger partial charge is 0.444 e. The second-order valence-corrected chi connectivity index (χ2v) is 6.64. The van der Waals surface area contributed by atoms with Crippen molar-refractivity contribution in [2.75, 3.05) is 13.1 Å². The third-order valence-electron chi connectivity index (χ3n) is 2.89. The Balaban J connectivity index is 2.02. The van der Waals surface area contributed by atoms with Crippen LogP contribution in [-0.4, -0.2) is 29.7 Å². The van der Waals surface area contributed by atoms with E-state index in [0.717, 1.165) is 4.47 Å². The number of alkyl halides is 1. The van der Waals surface area contributed by atoms with Gasteiger partial charge in [0, 0.05) is 10.0 Å². The number of carbonyl (C=O) groups is 1. The van der Waals surface area contributed by atoms with Crippen molar-refractivity contribution in [3.05, 3.63) is 34.3 Å². The first kappa shape index (κ1) is 14.3. The number of benzene rings is 1. The maximum Gasteiger partial charge on any atom is 0.410 e. The Morgan fingerprint density at radius 1 is 1.37 bits per heavy atom. The number of rotatable bonds is 1. The maximum atomic E-state index is 14.7. The zero-order valence-electron chi connectivity index (χ0n) is 11.2. The lowest BCUT2D eigenvalue weighted by atomic mass is 9.88. The van der Waals surface area contributed by atoms with Crippen LogP contribution in [0.15, 0.2) is 28.7 Å². The van der Waals surface area contributed by atoms with Gasteiger partial charge < -0.3 is 9.64 Å². The van der Waals surface area contributed by atoms with Gasteiger partial charge in [0.2, 0.25) is 0 Å². The van der Waals surface area contributed by atoms with E-state index in [1.54, 1.807) is 39.0 Å². The number of likely N-dealkylation sites (tertiary alicyclic amines) is 1. The topological polar surface area (TPSA) is 29.5 Å². The Bertz CT molecular complexity index is 492. The maximum absolute atomic E-state index is 14.7. The van der Waals surface area contributed by atoms with E-state index in [4.69, 9.17) is 4.74 Å². The van der Waals surface area contributed by atoms with Crippen molar-refractivity contribution in [2.45, 2.75) is 32.0 Å². The zero-order chi connectivity index (χ0) is 14.3. The minimum atomic E-state index is -1.49. The van der Waals surface area contributed by atoms with Gasteiger partial charge in [-0.2, -0.15) is 0 Å². The summed E-state index contributed by atoms with van der Waals surface area (Å²) in [6, 6.07) is 7.15. The van der Waals surface area contributed by atoms with Crippen LogP contribution in [0.3, 0.4) is 0 Å². The lowest BCUT2D eigenvalue weighted by Crippen LogP contribution is -2.59. The van der Waals surface area contributed by atoms with Crippen LogP contribution in [0.25, 0.3) is 0 Å². The minimum absolute atomic E-state index is 0.0323. The van der Waals surface area contributed by atoms with Gasteiger partial charge in [-0.05, 0) is 26.8 Å². The van der Waals surface area contributed by atoms with E-state index >= 15 is 0 Å². The number of nitrogens with zero attached hydrogens (tertiary/aromatic N) is 1. The SMILES string of the molecule is CC(C)(C)OC(=O)N1CC(F)(c2ccccc2Br)C1. The molecule has 1 amide bonds. The summed E-state index contributed by atoms with van der Waals surface area (Å²) in [7, 11) is 0. The molecule has 1 aromatic rings. The predicted octanol–water partition coefficient (Wildman–Crippen LogP) is 3.86. The molecule has 0 bridgehead atoms. The van der Waals surface area contributed by atoms with Crippen LogP contribution in [0.2, 0.25) is 0 Å². The Morgan fingerprint density at radius 2 is 1.95 bits per heavy atom. The van der Waals surface area contributed by atoms with Crippen molar-refractivity contribution in [3.63, 3.8) is 0 Å². The van der Waals surface area contributed by atoms with Gasteiger partial charge in [-0.3, -0.25) is 0 Å². The summed E-state index contributed by atoms with van der Waals surface area (Å²) >= 11 is 3.34. The summed E-state index contributed by atoms with van der Waals surface area (Å²) in [5.41, 5.74) is -1.47. The quantitative estimate of drug-likeness (QED) is 0.782. The summed E-state index contributed by atoms with van der Waals surface area (Å²) in [4.78, 5) is 13.1. The molecule has 1 aromatic carbocycles. The molecular weight excluding hydrogens is 313 g/mol. The van der Waals surface area contributed by atoms with Gasteiger partial charge in [0.15, 0.2) is 5.67 Å². The average Bonchev–Trinajstić information content (AvgIpc) is 2.23. The molecule has 104 valence electrons. The van der Waals surface area contributed by atoms with Gasteiger partial charge in [-0.15, -0.1) is 0 Å². The van der Waals surface area contributed by atoms with Crippen molar-refractivity contribution in [1.82, 2.24) is 4.90 Å². The van der Waals surface area contributed by atoms with Crippen molar-refractivity contribution in [3.8, 4) is 0 Å². The van der Waals surface area contributed by atoms with E-state index in [2.05, 4.69) is 15.9 Å². The Labute approximate surface area is 120 Å². The van der Waals surface area contributed by atoms with Crippen LogP contribution in [-0.2, 0) is 10.4 Å². The second kappa shape index (κ2) is 4.78. The molecule has 0 aromatic heterocycles. The Hall–Kier alpha value is -1.10. The third kappa shape index (κ3) is 3.08. The summed E-state index contributed by atoms with van der Waals surface area (Å²) in [6.45, 7) is 5.44. The first-order chi connectivity index (χ1) is 8.71. The normalized spacial score (nSPS) is 17.8. The monoisotopic (exact) mass is 329 g/mol. The number of hydrogen-bond acceptors (Lipinski definition) is 2. The molecular formula is C14H17BrFNO2. The van der Waals surface area contributed by atoms with Crippen molar-refractivity contribution >= 4 is 22.0 Å². The van der Waals surface area contributed by atoms with Gasteiger partial charge in [0.25, 0.3) is 0 Å². The van der Waals surface area contributed by atoms with Crippen LogP contribution >= 0.6 is 15.9 Å². The molecule has 1 aliphatic rings. The van der Waals surface area contributed by atoms with Gasteiger partial charge in [-0.25, -0.2) is 9.18 Å². The zero-order valence-corrected chi connectivity index (χ0v) is 12.8. The number of carbonyl (C=O) groups excluding carboxylic acids is 1. The molecule has 0 atom stereocenters. The molecule has 0 spiro atoms. The highest BCUT2D eigenvalue weighted by Gasteiger charge is 2.49. The van der Waals surface area contributed by atoms with Crippen molar-refractivity contribution in [2.24, 2.45) is 0 Å². The molecule has 0 saturated carbocycles. The van der Waals surface area contributed by atoms with E-state index < -0.39 is 17.4 Å². The molecule has 0 N–H and O–H groups in total. The smallest absolute Gasteiger partial charge is 0.410 e. The van der Waals surface area contributed by atoms with Crippen LogP contribution in [0, 0.1) is 0 Å². The number of halogens is 2. The molecule has 1 aliphatic heterocycles. The Kier molecular flexibility index (Phi) is 3.60. The first-order valence-corrected chi connectivity index (χ1v) is 6.92. The third-order valence-corrected chi connectivity index (χ3v) is 3.58. The highest BCUT2D eigenvalue weighted by Crippen LogP contribution is 2.40. The van der Waals surface area contributed by atoms with E-state index in [9.17, 15) is 9.18 Å². The van der Waals surface area contributed by atoms with Crippen LogP contribution < -0.4 is 0 Å². The van der Waals surface area contributed by atoms with Crippen molar-refractivity contribution < 1.29 is 13.9 Å². The summed E-state index contributed by atoms with van der Waals surface area (Å²) in [6.07, 6.45) is -0.465. The molecule has 1 fully saturated rings. The van der Waals surface area contributed by atoms with Gasteiger partial charge in [0.1, 0.15) is 5.60 Å². The molecule has 0 aliphatic carbocycles. The van der Waals surface area contributed by atoms with Crippen LogP contribution in [0.4, 0.5) is 9.18 Å². The Morgan fingerprint density at radius 3 is 2.47 bits per heavy atom. The summed E-state index contributed by atoms with van der Waals surface area (Å²) < 4.78 is 20.6. The van der Waals surface area contributed by atoms with Crippen molar-refractivity contribution in [1.29, 1.82) is 0 Å². The number of hydrogen-bond donors (Lipinski definition) is 0. The number of amides is 1. The molecule has 2 rings (SSSR count). The average molecular weight is 330 g/mol. The van der Waals surface area contributed by atoms with E-state index in [1.165, 1.54) is 4.90 Å². The number of ether oxygens (including phenoxy) is 1. The molecule has 1 saturated heterocycles. The summed E-state index contributed by atoms with van der Waals surface area (Å²) in [5.74, 6) is 0. The lowest BCUT2D eigenvalue weighted by molar-refractivity contribution is -0.0540. The minimum Gasteiger partial charge on any atom is -0.444 e. The van der Waals surface area contributed by atoms with Crippen LogP contribution in [0.5, 0.6) is 0 Å². The molecule has 0 radical (unpaired) electrons. The van der Waals surface area contributed by atoms with E-state index in [-0.39, 0.29) is 13.1 Å². The molecule has 0 unspecified atom stereocenters. The molecule has 5 heteroatoms. The molecule has 1 heterocycles. The molecule has 19 heavy (non-hydrogen) atoms. The summed E-state index contributed by atoms with van der Waals surface area (Å²) in [5, 5.41) is 0.